The molecule has 0 aromatic heterocycles. The molecule has 0 aromatic rings. The van der Waals surface area contributed by atoms with Crippen molar-refractivity contribution in [2.45, 2.75) is 6.92 Å². The number of ether oxygens (including phenoxy) is 1. The van der Waals surface area contributed by atoms with E-state index in [1.165, 1.54) is 6.92 Å². The Bertz CT molecular complexity index is 70.4. The van der Waals surface area contributed by atoms with Gasteiger partial charge < -0.3 is 4.74 Å². The van der Waals surface area contributed by atoms with Gasteiger partial charge >= 0.3 is 5.97 Å². The van der Waals surface area contributed by atoms with Gasteiger partial charge in [-0.3, -0.25) is 10.1 Å². The number of hydrogen-bond acceptors (Lipinski definition) is 4. The maximum Gasteiger partial charge on any atom is 0.302 e. The highest BCUT2D eigenvalue weighted by atomic mass is 17.1. The lowest BCUT2D eigenvalue weighted by molar-refractivity contribution is -0.248. The molecule has 0 aliphatic rings. The minimum atomic E-state index is -0.373. The van der Waals surface area contributed by atoms with E-state index in [2.05, 4.69) is 9.62 Å². The molecule has 0 saturated heterocycles. The maximum atomic E-state index is 9.96. The monoisotopic (exact) mass is 120 g/mol. The van der Waals surface area contributed by atoms with Crippen molar-refractivity contribution in [3.8, 4) is 0 Å². The summed E-state index contributed by atoms with van der Waals surface area (Å²) in [5.74, 6) is -0.373. The SMILES string of the molecule is CC(=O)OCCOO. The molecule has 4 heteroatoms. The normalized spacial score (nSPS) is 8.75. The fourth-order valence-corrected chi connectivity index (χ4v) is 0.223. The smallest absolute Gasteiger partial charge is 0.302 e. The zero-order valence-corrected chi connectivity index (χ0v) is 4.59. The second-order valence-corrected chi connectivity index (χ2v) is 1.17. The van der Waals surface area contributed by atoms with Crippen LogP contribution in [0.2, 0.25) is 0 Å². The molecule has 8 heavy (non-hydrogen) atoms. The first-order valence-corrected chi connectivity index (χ1v) is 2.17. The number of esters is 1. The predicted octanol–water partition coefficient (Wildman–Crippen LogP) is 0.0391. The molecule has 0 unspecified atom stereocenters. The Morgan fingerprint density at radius 2 is 2.25 bits per heavy atom. The quantitative estimate of drug-likeness (QED) is 0.247. The topological polar surface area (TPSA) is 55.8 Å². The third-order valence-corrected chi connectivity index (χ3v) is 0.480. The maximum absolute atomic E-state index is 9.96. The van der Waals surface area contributed by atoms with E-state index in [1.807, 2.05) is 0 Å². The molecular formula is C4H8O4. The Morgan fingerprint density at radius 1 is 1.62 bits per heavy atom. The molecule has 0 atom stereocenters. The summed E-state index contributed by atoms with van der Waals surface area (Å²) >= 11 is 0. The Kier molecular flexibility index (Phi) is 4.20. The summed E-state index contributed by atoms with van der Waals surface area (Å²) in [5.41, 5.74) is 0. The fraction of sp³-hybridized carbons (Fsp3) is 0.750. The van der Waals surface area contributed by atoms with E-state index >= 15 is 0 Å². The molecule has 0 radical (unpaired) electrons. The largest absolute Gasteiger partial charge is 0.463 e. The van der Waals surface area contributed by atoms with E-state index in [0.717, 1.165) is 0 Å². The number of rotatable bonds is 3. The van der Waals surface area contributed by atoms with E-state index in [9.17, 15) is 4.79 Å². The summed E-state index contributed by atoms with van der Waals surface area (Å²) in [5, 5.41) is 7.69. The van der Waals surface area contributed by atoms with Crippen LogP contribution in [0.25, 0.3) is 0 Å². The molecule has 4 nitrogen and oxygen atoms in total. The van der Waals surface area contributed by atoms with Crippen LogP contribution in [0.3, 0.4) is 0 Å². The standard InChI is InChI=1S/C4H8O4/c1-4(5)7-2-3-8-6/h6H,2-3H2,1H3. The van der Waals surface area contributed by atoms with Crippen molar-refractivity contribution < 1.29 is 19.7 Å². The summed E-state index contributed by atoms with van der Waals surface area (Å²) in [6.07, 6.45) is 0. The van der Waals surface area contributed by atoms with Gasteiger partial charge in [-0.2, -0.15) is 0 Å². The average Bonchev–Trinajstić information content (AvgIpc) is 1.66. The average molecular weight is 120 g/mol. The Morgan fingerprint density at radius 3 is 2.62 bits per heavy atom. The van der Waals surface area contributed by atoms with Gasteiger partial charge in [0, 0.05) is 6.92 Å². The molecule has 0 aromatic carbocycles. The molecule has 0 heterocycles. The Balaban J connectivity index is 2.82. The highest BCUT2D eigenvalue weighted by Gasteiger charge is 1.89. The van der Waals surface area contributed by atoms with Crippen molar-refractivity contribution in [2.75, 3.05) is 13.2 Å². The third kappa shape index (κ3) is 5.39. The first-order valence-electron chi connectivity index (χ1n) is 2.17. The number of carbonyl (C=O) groups is 1. The fourth-order valence-electron chi connectivity index (χ4n) is 0.223. The molecule has 0 bridgehead atoms. The minimum Gasteiger partial charge on any atom is -0.463 e. The lowest BCUT2D eigenvalue weighted by atomic mass is 10.7. The van der Waals surface area contributed by atoms with Crippen molar-refractivity contribution in [1.29, 1.82) is 0 Å². The second kappa shape index (κ2) is 4.55. The van der Waals surface area contributed by atoms with Crippen LogP contribution in [0.4, 0.5) is 0 Å². The van der Waals surface area contributed by atoms with Crippen molar-refractivity contribution in [2.24, 2.45) is 0 Å². The van der Waals surface area contributed by atoms with Crippen LogP contribution >= 0.6 is 0 Å². The van der Waals surface area contributed by atoms with Crippen LogP contribution in [0.5, 0.6) is 0 Å². The van der Waals surface area contributed by atoms with Crippen LogP contribution in [-0.4, -0.2) is 24.4 Å². The van der Waals surface area contributed by atoms with Gasteiger partial charge in [-0.05, 0) is 0 Å². The molecule has 0 fully saturated rings. The molecule has 0 spiro atoms. The lowest BCUT2D eigenvalue weighted by Gasteiger charge is -1.96. The van der Waals surface area contributed by atoms with E-state index in [-0.39, 0.29) is 19.2 Å². The number of hydrogen-bond donors (Lipinski definition) is 1. The van der Waals surface area contributed by atoms with Crippen molar-refractivity contribution in [3.05, 3.63) is 0 Å². The van der Waals surface area contributed by atoms with Gasteiger partial charge in [0.25, 0.3) is 0 Å². The lowest BCUT2D eigenvalue weighted by Crippen LogP contribution is -2.05. The van der Waals surface area contributed by atoms with Crippen LogP contribution in [0, 0.1) is 0 Å². The molecular weight excluding hydrogens is 112 g/mol. The van der Waals surface area contributed by atoms with Gasteiger partial charge in [-0.1, -0.05) is 0 Å². The predicted molar refractivity (Wildman–Crippen MR) is 25.2 cm³/mol. The van der Waals surface area contributed by atoms with E-state index in [4.69, 9.17) is 5.26 Å². The molecule has 0 aliphatic heterocycles. The molecule has 1 N–H and O–H groups in total. The molecule has 0 rings (SSSR count). The molecule has 0 saturated carbocycles. The van der Waals surface area contributed by atoms with Gasteiger partial charge in [-0.15, -0.1) is 0 Å². The Labute approximate surface area is 46.9 Å². The number of carbonyl (C=O) groups excluding carboxylic acids is 1. The van der Waals surface area contributed by atoms with Crippen LogP contribution in [-0.2, 0) is 14.4 Å². The highest BCUT2D eigenvalue weighted by molar-refractivity contribution is 5.65. The van der Waals surface area contributed by atoms with E-state index in [1.54, 1.807) is 0 Å². The zero-order chi connectivity index (χ0) is 6.41. The van der Waals surface area contributed by atoms with Crippen molar-refractivity contribution >= 4 is 5.97 Å². The Hall–Kier alpha value is -0.610. The summed E-state index contributed by atoms with van der Waals surface area (Å²) in [6, 6.07) is 0. The van der Waals surface area contributed by atoms with Gasteiger partial charge in [0.1, 0.15) is 13.2 Å². The minimum absolute atomic E-state index is 0.0274. The zero-order valence-electron chi connectivity index (χ0n) is 4.59. The molecule has 48 valence electrons. The van der Waals surface area contributed by atoms with Crippen LogP contribution < -0.4 is 0 Å². The van der Waals surface area contributed by atoms with Gasteiger partial charge in [0.15, 0.2) is 0 Å². The van der Waals surface area contributed by atoms with Crippen molar-refractivity contribution in [3.63, 3.8) is 0 Å². The molecule has 0 amide bonds. The van der Waals surface area contributed by atoms with Crippen LogP contribution in [0.15, 0.2) is 0 Å². The third-order valence-electron chi connectivity index (χ3n) is 0.480. The highest BCUT2D eigenvalue weighted by Crippen LogP contribution is 1.74. The van der Waals surface area contributed by atoms with Crippen molar-refractivity contribution in [1.82, 2.24) is 0 Å². The summed E-state index contributed by atoms with van der Waals surface area (Å²) in [6.45, 7) is 1.42. The van der Waals surface area contributed by atoms with Crippen LogP contribution in [0.1, 0.15) is 6.92 Å². The molecule has 0 aliphatic carbocycles. The van der Waals surface area contributed by atoms with Gasteiger partial charge in [0.05, 0.1) is 0 Å². The van der Waals surface area contributed by atoms with E-state index < -0.39 is 0 Å². The first kappa shape index (κ1) is 7.39. The summed E-state index contributed by atoms with van der Waals surface area (Å²) in [4.78, 5) is 13.6. The first-order chi connectivity index (χ1) is 3.77. The van der Waals surface area contributed by atoms with E-state index in [0.29, 0.717) is 0 Å². The summed E-state index contributed by atoms with van der Waals surface area (Å²) in [7, 11) is 0. The van der Waals surface area contributed by atoms with Gasteiger partial charge in [0.2, 0.25) is 0 Å². The summed E-state index contributed by atoms with van der Waals surface area (Å²) < 4.78 is 4.36. The van der Waals surface area contributed by atoms with Gasteiger partial charge in [-0.25, -0.2) is 4.89 Å². The second-order valence-electron chi connectivity index (χ2n) is 1.17.